The van der Waals surface area contributed by atoms with Gasteiger partial charge in [-0.05, 0) is 43.2 Å². The van der Waals surface area contributed by atoms with Crippen LogP contribution in [0.1, 0.15) is 29.2 Å². The van der Waals surface area contributed by atoms with Gasteiger partial charge in [-0.2, -0.15) is 0 Å². The SMILES string of the molecule is COCCCN1C(=O)C(=O)/C(=C(/O)c2ccc(OC)cc2C)C1c1cn(C)c2ccccc12. The molecule has 2 heterocycles. The summed E-state index contributed by atoms with van der Waals surface area (Å²) in [5.41, 5.74) is 3.13. The lowest BCUT2D eigenvalue weighted by molar-refractivity contribution is -0.140. The molecule has 1 N–H and O–H groups in total. The monoisotopic (exact) mass is 448 g/mol. The molecule has 1 amide bonds. The molecule has 1 aromatic heterocycles. The summed E-state index contributed by atoms with van der Waals surface area (Å²) in [7, 11) is 5.10. The number of para-hydroxylation sites is 1. The number of carbonyl (C=O) groups is 2. The number of likely N-dealkylation sites (tertiary alicyclic amines) is 1. The zero-order valence-electron chi connectivity index (χ0n) is 19.3. The second kappa shape index (κ2) is 9.11. The summed E-state index contributed by atoms with van der Waals surface area (Å²) in [5, 5.41) is 12.3. The van der Waals surface area contributed by atoms with Crippen molar-refractivity contribution in [1.82, 2.24) is 9.47 Å². The predicted molar refractivity (Wildman–Crippen MR) is 126 cm³/mol. The molecule has 1 atom stereocenters. The van der Waals surface area contributed by atoms with E-state index in [4.69, 9.17) is 9.47 Å². The van der Waals surface area contributed by atoms with Gasteiger partial charge >= 0.3 is 0 Å². The molecule has 4 rings (SSSR count). The van der Waals surface area contributed by atoms with Crippen molar-refractivity contribution in [2.45, 2.75) is 19.4 Å². The predicted octanol–water partition coefficient (Wildman–Crippen LogP) is 3.95. The number of rotatable bonds is 7. The van der Waals surface area contributed by atoms with Crippen LogP contribution < -0.4 is 4.74 Å². The highest BCUT2D eigenvalue weighted by atomic mass is 16.5. The highest BCUT2D eigenvalue weighted by Gasteiger charge is 2.46. The van der Waals surface area contributed by atoms with Crippen LogP contribution in [-0.2, 0) is 21.4 Å². The van der Waals surface area contributed by atoms with Gasteiger partial charge in [0.15, 0.2) is 0 Å². The Balaban J connectivity index is 1.93. The zero-order chi connectivity index (χ0) is 23.7. The zero-order valence-corrected chi connectivity index (χ0v) is 19.3. The van der Waals surface area contributed by atoms with Crippen molar-refractivity contribution >= 4 is 28.4 Å². The molecule has 1 saturated heterocycles. The number of fused-ring (bicyclic) bond motifs is 1. The number of amides is 1. The summed E-state index contributed by atoms with van der Waals surface area (Å²) >= 11 is 0. The first-order valence-corrected chi connectivity index (χ1v) is 10.8. The first-order chi connectivity index (χ1) is 15.9. The van der Waals surface area contributed by atoms with Gasteiger partial charge < -0.3 is 24.0 Å². The molecule has 1 fully saturated rings. The van der Waals surface area contributed by atoms with Crippen LogP contribution in [0, 0.1) is 6.92 Å². The third-order valence-electron chi connectivity index (χ3n) is 6.20. The van der Waals surface area contributed by atoms with Crippen molar-refractivity contribution in [2.75, 3.05) is 27.4 Å². The third kappa shape index (κ3) is 3.89. The van der Waals surface area contributed by atoms with Crippen molar-refractivity contribution < 1.29 is 24.2 Å². The van der Waals surface area contributed by atoms with E-state index in [0.29, 0.717) is 30.9 Å². The largest absolute Gasteiger partial charge is 0.507 e. The number of aliphatic hydroxyl groups is 1. The van der Waals surface area contributed by atoms with Crippen LogP contribution in [0.3, 0.4) is 0 Å². The van der Waals surface area contributed by atoms with Gasteiger partial charge in [0.2, 0.25) is 0 Å². The number of hydrogen-bond donors (Lipinski definition) is 1. The fraction of sp³-hybridized carbons (Fsp3) is 0.308. The summed E-state index contributed by atoms with van der Waals surface area (Å²) in [4.78, 5) is 27.9. The average Bonchev–Trinajstić information content (AvgIpc) is 3.27. The molecule has 3 aromatic rings. The first-order valence-electron chi connectivity index (χ1n) is 10.8. The maximum atomic E-state index is 13.3. The number of aryl methyl sites for hydroxylation is 2. The maximum Gasteiger partial charge on any atom is 0.295 e. The second-order valence-corrected chi connectivity index (χ2v) is 8.23. The third-order valence-corrected chi connectivity index (χ3v) is 6.20. The molecule has 1 aliphatic heterocycles. The van der Waals surface area contributed by atoms with Gasteiger partial charge in [0.25, 0.3) is 11.7 Å². The van der Waals surface area contributed by atoms with Crippen LogP contribution in [0.2, 0.25) is 0 Å². The van der Waals surface area contributed by atoms with Crippen LogP contribution in [0.5, 0.6) is 5.75 Å². The number of carbonyl (C=O) groups excluding carboxylic acids is 2. The van der Waals surface area contributed by atoms with E-state index in [1.165, 1.54) is 0 Å². The number of aliphatic hydroxyl groups excluding tert-OH is 1. The molecule has 0 spiro atoms. The van der Waals surface area contributed by atoms with E-state index in [2.05, 4.69) is 0 Å². The fourth-order valence-corrected chi connectivity index (χ4v) is 4.58. The number of aromatic nitrogens is 1. The molecule has 7 nitrogen and oxygen atoms in total. The number of Topliss-reactive ketones (excluding diaryl/α,β-unsaturated/α-hetero) is 1. The highest BCUT2D eigenvalue weighted by Crippen LogP contribution is 2.43. The van der Waals surface area contributed by atoms with Gasteiger partial charge in [0.05, 0.1) is 18.7 Å². The van der Waals surface area contributed by atoms with Crippen molar-refractivity contribution in [3.63, 3.8) is 0 Å². The molecule has 7 heteroatoms. The second-order valence-electron chi connectivity index (χ2n) is 8.23. The molecule has 33 heavy (non-hydrogen) atoms. The Morgan fingerprint density at radius 3 is 2.58 bits per heavy atom. The number of benzene rings is 2. The van der Waals surface area contributed by atoms with Crippen LogP contribution in [0.4, 0.5) is 0 Å². The van der Waals surface area contributed by atoms with E-state index in [0.717, 1.165) is 22.0 Å². The molecule has 0 aliphatic carbocycles. The van der Waals surface area contributed by atoms with E-state index in [1.807, 2.05) is 49.0 Å². The molecule has 0 radical (unpaired) electrons. The number of hydrogen-bond acceptors (Lipinski definition) is 5. The lowest BCUT2D eigenvalue weighted by Gasteiger charge is -2.25. The van der Waals surface area contributed by atoms with Crippen LogP contribution >= 0.6 is 0 Å². The Kier molecular flexibility index (Phi) is 6.24. The Hall–Kier alpha value is -3.58. The van der Waals surface area contributed by atoms with Crippen LogP contribution in [0.15, 0.2) is 54.2 Å². The van der Waals surface area contributed by atoms with Crippen molar-refractivity contribution in [3.05, 3.63) is 70.9 Å². The van der Waals surface area contributed by atoms with E-state index in [-0.39, 0.29) is 11.3 Å². The van der Waals surface area contributed by atoms with E-state index >= 15 is 0 Å². The van der Waals surface area contributed by atoms with Gasteiger partial charge in [0.1, 0.15) is 11.5 Å². The van der Waals surface area contributed by atoms with Crippen molar-refractivity contribution in [1.29, 1.82) is 0 Å². The molecule has 2 aromatic carbocycles. The summed E-state index contributed by atoms with van der Waals surface area (Å²) in [5.74, 6) is -0.829. The standard InChI is InChI=1S/C26H28N2O5/c1-16-14-17(33-4)10-11-18(16)24(29)22-23(28(12-7-13-32-3)26(31)25(22)30)20-15-27(2)21-9-6-5-8-19(20)21/h5-6,8-11,14-15,23,29H,7,12-13H2,1-4H3/b24-22+. The summed E-state index contributed by atoms with van der Waals surface area (Å²) in [6.07, 6.45) is 2.51. The van der Waals surface area contributed by atoms with Gasteiger partial charge in [-0.25, -0.2) is 0 Å². The minimum atomic E-state index is -0.700. The van der Waals surface area contributed by atoms with E-state index in [1.54, 1.807) is 37.3 Å². The normalized spacial score (nSPS) is 17.8. The number of ketones is 1. The molecule has 0 saturated carbocycles. The van der Waals surface area contributed by atoms with Crippen LogP contribution in [-0.4, -0.2) is 53.6 Å². The minimum Gasteiger partial charge on any atom is -0.507 e. The van der Waals surface area contributed by atoms with Gasteiger partial charge in [-0.15, -0.1) is 0 Å². The summed E-state index contributed by atoms with van der Waals surface area (Å²) in [6.45, 7) is 2.63. The fourth-order valence-electron chi connectivity index (χ4n) is 4.58. The minimum absolute atomic E-state index is 0.0991. The lowest BCUT2D eigenvalue weighted by Crippen LogP contribution is -2.31. The molecular formula is C26H28N2O5. The maximum absolute atomic E-state index is 13.3. The molecule has 172 valence electrons. The smallest absolute Gasteiger partial charge is 0.295 e. The molecule has 1 aliphatic rings. The average molecular weight is 449 g/mol. The number of ether oxygens (including phenoxy) is 2. The molecule has 0 bridgehead atoms. The quantitative estimate of drug-likeness (QED) is 0.256. The molecule has 1 unspecified atom stereocenters. The first kappa shape index (κ1) is 22.6. The topological polar surface area (TPSA) is 81.0 Å². The summed E-state index contributed by atoms with van der Waals surface area (Å²) < 4.78 is 12.4. The Labute approximate surface area is 192 Å². The number of methoxy groups -OCH3 is 2. The highest BCUT2D eigenvalue weighted by molar-refractivity contribution is 6.46. The Morgan fingerprint density at radius 1 is 1.12 bits per heavy atom. The van der Waals surface area contributed by atoms with Crippen molar-refractivity contribution in [3.8, 4) is 5.75 Å². The Bertz CT molecular complexity index is 1260. The summed E-state index contributed by atoms with van der Waals surface area (Å²) in [6, 6.07) is 12.4. The van der Waals surface area contributed by atoms with Gasteiger partial charge in [-0.1, -0.05) is 18.2 Å². The van der Waals surface area contributed by atoms with E-state index < -0.39 is 17.7 Å². The van der Waals surface area contributed by atoms with E-state index in [9.17, 15) is 14.7 Å². The lowest BCUT2D eigenvalue weighted by atomic mass is 9.93. The molecular weight excluding hydrogens is 420 g/mol. The van der Waals surface area contributed by atoms with Gasteiger partial charge in [0, 0.05) is 55.5 Å². The number of nitrogens with zero attached hydrogens (tertiary/aromatic N) is 2. The van der Waals surface area contributed by atoms with Crippen LogP contribution in [0.25, 0.3) is 16.7 Å². The van der Waals surface area contributed by atoms with Gasteiger partial charge in [-0.3, -0.25) is 9.59 Å². The Morgan fingerprint density at radius 2 is 1.88 bits per heavy atom. The van der Waals surface area contributed by atoms with Crippen molar-refractivity contribution in [2.24, 2.45) is 7.05 Å².